The molecule has 12 heteroatoms. The van der Waals surface area contributed by atoms with Crippen LogP contribution >= 0.6 is 0 Å². The maximum atomic E-state index is 13.5. The molecule has 36 heavy (non-hydrogen) atoms. The first kappa shape index (κ1) is 25.7. The van der Waals surface area contributed by atoms with Gasteiger partial charge in [-0.25, -0.2) is 13.4 Å². The van der Waals surface area contributed by atoms with Gasteiger partial charge in [0, 0.05) is 13.2 Å². The van der Waals surface area contributed by atoms with Gasteiger partial charge in [0.2, 0.25) is 21.9 Å². The highest BCUT2D eigenvalue weighted by Gasteiger charge is 2.39. The Hall–Kier alpha value is -3.38. The van der Waals surface area contributed by atoms with Crippen molar-refractivity contribution in [1.82, 2.24) is 19.7 Å². The number of anilines is 1. The van der Waals surface area contributed by atoms with Crippen LogP contribution in [0.15, 0.2) is 36.4 Å². The summed E-state index contributed by atoms with van der Waals surface area (Å²) in [7, 11) is 2.16. The molecule has 1 fully saturated rings. The molecule has 0 bridgehead atoms. The normalized spacial score (nSPS) is 15.6. The first-order chi connectivity index (χ1) is 17.3. The zero-order valence-corrected chi connectivity index (χ0v) is 21.8. The topological polar surface area (TPSA) is 127 Å². The van der Waals surface area contributed by atoms with Crippen LogP contribution in [-0.2, 0) is 14.8 Å². The van der Waals surface area contributed by atoms with Crippen molar-refractivity contribution >= 4 is 16.0 Å². The lowest BCUT2D eigenvalue weighted by Gasteiger charge is -2.35. The Balaban J connectivity index is 1.85. The number of nitrogens with one attached hydrogen (secondary N) is 1. The number of benzene rings is 1. The number of nitrogens with zero attached hydrogens (tertiary/aromatic N) is 4. The van der Waals surface area contributed by atoms with E-state index in [-0.39, 0.29) is 17.7 Å². The van der Waals surface area contributed by atoms with Gasteiger partial charge in [-0.1, -0.05) is 18.6 Å². The largest absolute Gasteiger partial charge is 0.494 e. The van der Waals surface area contributed by atoms with Crippen molar-refractivity contribution in [3.05, 3.63) is 36.4 Å². The molecule has 2 atom stereocenters. The van der Waals surface area contributed by atoms with Crippen LogP contribution in [0.5, 0.6) is 17.4 Å². The lowest BCUT2D eigenvalue weighted by atomic mass is 9.80. The average Bonchev–Trinajstić information content (AvgIpc) is 3.27. The average molecular weight is 518 g/mol. The van der Waals surface area contributed by atoms with Crippen molar-refractivity contribution in [3.63, 3.8) is 0 Å². The minimum atomic E-state index is -3.92. The highest BCUT2D eigenvalue weighted by atomic mass is 32.2. The smallest absolute Gasteiger partial charge is 0.243 e. The molecule has 1 N–H and O–H groups in total. The molecule has 0 amide bonds. The third-order valence-corrected chi connectivity index (χ3v) is 8.24. The van der Waals surface area contributed by atoms with Crippen molar-refractivity contribution in [1.29, 1.82) is 0 Å². The molecule has 1 aliphatic carbocycles. The third-order valence-electron chi connectivity index (χ3n) is 6.52. The zero-order valence-electron chi connectivity index (χ0n) is 21.0. The van der Waals surface area contributed by atoms with E-state index >= 15 is 0 Å². The molecule has 0 radical (unpaired) electrons. The number of hydrogen-bond donors (Lipinski definition) is 1. The summed E-state index contributed by atoms with van der Waals surface area (Å²) in [6.45, 7) is 1.64. The molecule has 11 nitrogen and oxygen atoms in total. The monoisotopic (exact) mass is 517 g/mol. The van der Waals surface area contributed by atoms with Gasteiger partial charge in [-0.3, -0.25) is 9.29 Å². The highest BCUT2D eigenvalue weighted by molar-refractivity contribution is 7.93. The summed E-state index contributed by atoms with van der Waals surface area (Å²) in [5, 5.41) is 7.66. The number of rotatable bonds is 11. The molecule has 0 aliphatic heterocycles. The molecular weight excluding hydrogens is 486 g/mol. The Morgan fingerprint density at radius 2 is 1.64 bits per heavy atom. The predicted molar refractivity (Wildman–Crippen MR) is 134 cm³/mol. The Labute approximate surface area is 210 Å². The summed E-state index contributed by atoms with van der Waals surface area (Å²) in [6.07, 6.45) is 2.52. The van der Waals surface area contributed by atoms with Gasteiger partial charge in [0.25, 0.3) is 0 Å². The highest BCUT2D eigenvalue weighted by Crippen LogP contribution is 2.38. The van der Waals surface area contributed by atoms with E-state index in [1.165, 1.54) is 25.9 Å². The summed E-state index contributed by atoms with van der Waals surface area (Å²) < 4.78 is 53.2. The van der Waals surface area contributed by atoms with Gasteiger partial charge in [-0.05, 0) is 43.9 Å². The summed E-state index contributed by atoms with van der Waals surface area (Å²) in [6, 6.07) is 10.4. The van der Waals surface area contributed by atoms with E-state index in [1.54, 1.807) is 50.4 Å². The fraction of sp³-hybridized carbons (Fsp3) is 0.458. The quantitative estimate of drug-likeness (QED) is 0.407. The first-order valence-corrected chi connectivity index (χ1v) is 13.1. The maximum absolute atomic E-state index is 13.5. The molecule has 4 rings (SSSR count). The van der Waals surface area contributed by atoms with Crippen molar-refractivity contribution < 1.29 is 27.4 Å². The standard InChI is InChI=1S/C24H31N5O6S/c1-15(22(35-5)16-9-6-10-16)36(30,31)28-24-27-26-23(17-11-7-14-20(25-17)34-4)29(24)21-18(32-2)12-8-13-19(21)33-3/h7-8,11-16,22H,6,9-10H2,1-5H3,(H,27,28)/t15-,22+/m1/s1. The van der Waals surface area contributed by atoms with E-state index < -0.39 is 21.4 Å². The number of pyridine rings is 1. The zero-order chi connectivity index (χ0) is 25.9. The van der Waals surface area contributed by atoms with Crippen LogP contribution < -0.4 is 18.9 Å². The fourth-order valence-corrected chi connectivity index (χ4v) is 5.62. The number of para-hydroxylation sites is 1. The van der Waals surface area contributed by atoms with Crippen LogP contribution in [0.3, 0.4) is 0 Å². The first-order valence-electron chi connectivity index (χ1n) is 11.6. The summed E-state index contributed by atoms with van der Waals surface area (Å²) in [5.41, 5.74) is 0.831. The van der Waals surface area contributed by atoms with E-state index in [2.05, 4.69) is 19.9 Å². The molecule has 194 valence electrons. The van der Waals surface area contributed by atoms with Gasteiger partial charge in [0.15, 0.2) is 5.82 Å². The summed E-state index contributed by atoms with van der Waals surface area (Å²) in [5.74, 6) is 1.66. The van der Waals surface area contributed by atoms with Crippen molar-refractivity contribution in [2.24, 2.45) is 5.92 Å². The third kappa shape index (κ3) is 4.82. The Morgan fingerprint density at radius 3 is 2.19 bits per heavy atom. The SMILES string of the molecule is COc1cccc(-c2nnc(NS(=O)(=O)[C@H](C)[C@H](OC)C3CCC3)n2-c2c(OC)cccc2OC)n1. The molecule has 2 aromatic heterocycles. The molecule has 1 saturated carbocycles. The van der Waals surface area contributed by atoms with Crippen LogP contribution in [0.25, 0.3) is 17.2 Å². The Bertz CT molecular complexity index is 1290. The molecule has 2 heterocycles. The number of sulfonamides is 1. The lowest BCUT2D eigenvalue weighted by molar-refractivity contribution is 0.0194. The van der Waals surface area contributed by atoms with Crippen LogP contribution in [0.1, 0.15) is 26.2 Å². The van der Waals surface area contributed by atoms with Crippen molar-refractivity contribution in [2.75, 3.05) is 33.2 Å². The van der Waals surface area contributed by atoms with E-state index in [1.807, 2.05) is 0 Å². The molecule has 0 spiro atoms. The number of ether oxygens (including phenoxy) is 4. The molecule has 1 aromatic carbocycles. The fourth-order valence-electron chi connectivity index (χ4n) is 4.37. The van der Waals surface area contributed by atoms with Gasteiger partial charge < -0.3 is 18.9 Å². The molecule has 3 aromatic rings. The van der Waals surface area contributed by atoms with E-state index in [9.17, 15) is 8.42 Å². The summed E-state index contributed by atoms with van der Waals surface area (Å²) in [4.78, 5) is 4.46. The molecule has 1 aliphatic rings. The second-order valence-corrected chi connectivity index (χ2v) is 10.5. The molecular formula is C24H31N5O6S. The van der Waals surface area contributed by atoms with Crippen molar-refractivity contribution in [2.45, 2.75) is 37.5 Å². The van der Waals surface area contributed by atoms with Crippen LogP contribution in [0.2, 0.25) is 0 Å². The van der Waals surface area contributed by atoms with Gasteiger partial charge in [0.1, 0.15) is 28.1 Å². The van der Waals surface area contributed by atoms with Gasteiger partial charge in [-0.15, -0.1) is 10.2 Å². The van der Waals surface area contributed by atoms with E-state index in [0.717, 1.165) is 19.3 Å². The van der Waals surface area contributed by atoms with Gasteiger partial charge in [-0.2, -0.15) is 0 Å². The van der Waals surface area contributed by atoms with E-state index in [4.69, 9.17) is 18.9 Å². The minimum absolute atomic E-state index is 0.0345. The van der Waals surface area contributed by atoms with E-state index in [0.29, 0.717) is 28.8 Å². The van der Waals surface area contributed by atoms with Crippen LogP contribution in [0.4, 0.5) is 5.95 Å². The second-order valence-electron chi connectivity index (χ2n) is 8.50. The van der Waals surface area contributed by atoms with Crippen molar-refractivity contribution in [3.8, 4) is 34.6 Å². The van der Waals surface area contributed by atoms with Gasteiger partial charge in [0.05, 0.1) is 27.4 Å². The number of methoxy groups -OCH3 is 4. The summed E-state index contributed by atoms with van der Waals surface area (Å²) >= 11 is 0. The maximum Gasteiger partial charge on any atom is 0.243 e. The molecule has 0 unspecified atom stereocenters. The van der Waals surface area contributed by atoms with Crippen LogP contribution in [0, 0.1) is 5.92 Å². The molecule has 0 saturated heterocycles. The van der Waals surface area contributed by atoms with Crippen LogP contribution in [-0.4, -0.2) is 68.0 Å². The number of hydrogen-bond acceptors (Lipinski definition) is 9. The Morgan fingerprint density at radius 1 is 0.972 bits per heavy atom. The van der Waals surface area contributed by atoms with Gasteiger partial charge >= 0.3 is 0 Å². The second kappa shape index (κ2) is 10.7. The number of aromatic nitrogens is 4. The Kier molecular flexibility index (Phi) is 7.65. The predicted octanol–water partition coefficient (Wildman–Crippen LogP) is 3.30. The minimum Gasteiger partial charge on any atom is -0.494 e. The lowest BCUT2D eigenvalue weighted by Crippen LogP contribution is -2.43.